The summed E-state index contributed by atoms with van der Waals surface area (Å²) in [6, 6.07) is 0.341. The number of hydrogen-bond acceptors (Lipinski definition) is 2. The minimum atomic E-state index is 0.325. The second-order valence-electron chi connectivity index (χ2n) is 3.72. The Labute approximate surface area is 89.0 Å². The molecule has 78 valence electrons. The van der Waals surface area contributed by atoms with Gasteiger partial charge in [0, 0.05) is 12.8 Å². The van der Waals surface area contributed by atoms with Crippen molar-refractivity contribution in [2.45, 2.75) is 37.8 Å². The van der Waals surface area contributed by atoms with Crippen molar-refractivity contribution < 1.29 is 4.74 Å². The van der Waals surface area contributed by atoms with E-state index in [2.05, 4.69) is 16.5 Å². The van der Waals surface area contributed by atoms with Gasteiger partial charge in [-0.05, 0) is 19.8 Å². The summed E-state index contributed by atoms with van der Waals surface area (Å²) in [5, 5.41) is 0. The molecule has 0 radical (unpaired) electrons. The third kappa shape index (κ3) is 1.79. The summed E-state index contributed by atoms with van der Waals surface area (Å²) in [5.74, 6) is 0.511. The fraction of sp³-hybridized carbons (Fsp3) is 0.700. The molecular formula is C10H15ClN2O. The van der Waals surface area contributed by atoms with E-state index < -0.39 is 0 Å². The average molecular weight is 215 g/mol. The van der Waals surface area contributed by atoms with Crippen molar-refractivity contribution in [1.82, 2.24) is 9.55 Å². The van der Waals surface area contributed by atoms with Gasteiger partial charge in [0.05, 0.1) is 30.0 Å². The Morgan fingerprint density at radius 1 is 1.79 bits per heavy atom. The van der Waals surface area contributed by atoms with Gasteiger partial charge in [0.15, 0.2) is 0 Å². The maximum atomic E-state index is 5.82. The molecule has 3 nitrogen and oxygen atoms in total. The number of aromatic nitrogens is 2. The van der Waals surface area contributed by atoms with Crippen LogP contribution in [0.2, 0.25) is 0 Å². The molecule has 2 unspecified atom stereocenters. The summed E-state index contributed by atoms with van der Waals surface area (Å²) in [7, 11) is 0. The van der Waals surface area contributed by atoms with E-state index in [0.29, 0.717) is 18.0 Å². The van der Waals surface area contributed by atoms with Crippen LogP contribution in [0.25, 0.3) is 0 Å². The lowest BCUT2D eigenvalue weighted by molar-refractivity contribution is 0.0726. The zero-order valence-corrected chi connectivity index (χ0v) is 9.07. The first-order valence-corrected chi connectivity index (χ1v) is 5.54. The first-order chi connectivity index (χ1) is 6.83. The molecule has 2 heterocycles. The molecule has 0 aromatic carbocycles. The lowest BCUT2D eigenvalue weighted by atomic mass is 10.1. The topological polar surface area (TPSA) is 27.1 Å². The van der Waals surface area contributed by atoms with Crippen molar-refractivity contribution >= 4 is 11.6 Å². The second kappa shape index (κ2) is 4.32. The van der Waals surface area contributed by atoms with Crippen LogP contribution in [0.1, 0.15) is 31.5 Å². The number of ether oxygens (including phenoxy) is 1. The van der Waals surface area contributed by atoms with Gasteiger partial charge in [-0.2, -0.15) is 0 Å². The molecule has 2 atom stereocenters. The van der Waals surface area contributed by atoms with Crippen molar-refractivity contribution in [1.29, 1.82) is 0 Å². The lowest BCUT2D eigenvalue weighted by Crippen LogP contribution is -2.21. The first kappa shape index (κ1) is 9.99. The van der Waals surface area contributed by atoms with Crippen molar-refractivity contribution in [3.05, 3.63) is 18.2 Å². The highest BCUT2D eigenvalue weighted by molar-refractivity contribution is 6.16. The second-order valence-corrected chi connectivity index (χ2v) is 3.99. The van der Waals surface area contributed by atoms with Crippen molar-refractivity contribution in [2.24, 2.45) is 0 Å². The number of hydrogen-bond donors (Lipinski definition) is 0. The van der Waals surface area contributed by atoms with Crippen molar-refractivity contribution in [2.75, 3.05) is 6.61 Å². The van der Waals surface area contributed by atoms with Gasteiger partial charge >= 0.3 is 0 Å². The van der Waals surface area contributed by atoms with Crippen LogP contribution in [0.3, 0.4) is 0 Å². The Balaban J connectivity index is 2.12. The van der Waals surface area contributed by atoms with E-state index in [9.17, 15) is 0 Å². The molecule has 1 aliphatic heterocycles. The fourth-order valence-electron chi connectivity index (χ4n) is 1.96. The Morgan fingerprint density at radius 3 is 3.29 bits per heavy atom. The zero-order valence-electron chi connectivity index (χ0n) is 8.32. The van der Waals surface area contributed by atoms with E-state index in [0.717, 1.165) is 18.7 Å². The Hall–Kier alpha value is -0.540. The van der Waals surface area contributed by atoms with Crippen molar-refractivity contribution in [3.8, 4) is 0 Å². The summed E-state index contributed by atoms with van der Waals surface area (Å²) in [6.07, 6.45) is 6.29. The first-order valence-electron chi connectivity index (χ1n) is 5.01. The van der Waals surface area contributed by atoms with Crippen LogP contribution in [-0.2, 0) is 10.6 Å². The number of halogens is 1. The predicted molar refractivity (Wildman–Crippen MR) is 55.5 cm³/mol. The highest BCUT2D eigenvalue weighted by Gasteiger charge is 2.24. The van der Waals surface area contributed by atoms with E-state index in [1.807, 2.05) is 12.5 Å². The van der Waals surface area contributed by atoms with Crippen LogP contribution >= 0.6 is 11.6 Å². The number of imidazole rings is 1. The average Bonchev–Trinajstić information content (AvgIpc) is 2.87. The number of alkyl halides is 1. The summed E-state index contributed by atoms with van der Waals surface area (Å²) in [6.45, 7) is 3.05. The largest absolute Gasteiger partial charge is 0.376 e. The predicted octanol–water partition coefficient (Wildman–Crippen LogP) is 2.36. The molecule has 0 bridgehead atoms. The van der Waals surface area contributed by atoms with Gasteiger partial charge < -0.3 is 9.30 Å². The SMILES string of the molecule is CC(C1CCCO1)n1cncc1CCl. The van der Waals surface area contributed by atoms with E-state index >= 15 is 0 Å². The van der Waals surface area contributed by atoms with E-state index in [4.69, 9.17) is 16.3 Å². The summed E-state index contributed by atoms with van der Waals surface area (Å²) in [4.78, 5) is 4.11. The van der Waals surface area contributed by atoms with Crippen LogP contribution in [0.15, 0.2) is 12.5 Å². The normalized spacial score (nSPS) is 24.0. The molecule has 0 N–H and O–H groups in total. The Morgan fingerprint density at radius 2 is 2.64 bits per heavy atom. The molecule has 1 aromatic rings. The summed E-state index contributed by atoms with van der Waals surface area (Å²) < 4.78 is 7.76. The summed E-state index contributed by atoms with van der Waals surface area (Å²) in [5.41, 5.74) is 1.06. The molecule has 0 saturated carbocycles. The molecule has 1 aliphatic rings. The third-order valence-electron chi connectivity index (χ3n) is 2.82. The van der Waals surface area contributed by atoms with Crippen LogP contribution in [0.4, 0.5) is 0 Å². The fourth-order valence-corrected chi connectivity index (χ4v) is 2.17. The van der Waals surface area contributed by atoms with Gasteiger partial charge in [0.25, 0.3) is 0 Å². The Bertz CT molecular complexity index is 294. The van der Waals surface area contributed by atoms with Crippen LogP contribution in [-0.4, -0.2) is 22.3 Å². The van der Waals surface area contributed by atoms with Crippen molar-refractivity contribution in [3.63, 3.8) is 0 Å². The number of nitrogens with zero attached hydrogens (tertiary/aromatic N) is 2. The lowest BCUT2D eigenvalue weighted by Gasteiger charge is -2.21. The van der Waals surface area contributed by atoms with E-state index in [1.165, 1.54) is 6.42 Å². The molecule has 1 aromatic heterocycles. The molecule has 1 fully saturated rings. The molecule has 0 spiro atoms. The highest BCUT2D eigenvalue weighted by atomic mass is 35.5. The van der Waals surface area contributed by atoms with E-state index in [1.54, 1.807) is 0 Å². The van der Waals surface area contributed by atoms with Gasteiger partial charge in [0.2, 0.25) is 0 Å². The van der Waals surface area contributed by atoms with Gasteiger partial charge in [-0.15, -0.1) is 11.6 Å². The standard InChI is InChI=1S/C10H15ClN2O/c1-8(10-3-2-4-14-10)13-7-12-6-9(13)5-11/h6-8,10H,2-5H2,1H3. The quantitative estimate of drug-likeness (QED) is 0.723. The van der Waals surface area contributed by atoms with Gasteiger partial charge in [0.1, 0.15) is 0 Å². The molecule has 0 aliphatic carbocycles. The molecule has 14 heavy (non-hydrogen) atoms. The minimum absolute atomic E-state index is 0.325. The maximum Gasteiger partial charge on any atom is 0.0951 e. The summed E-state index contributed by atoms with van der Waals surface area (Å²) >= 11 is 5.82. The van der Waals surface area contributed by atoms with Gasteiger partial charge in [-0.1, -0.05) is 0 Å². The third-order valence-corrected chi connectivity index (χ3v) is 3.10. The smallest absolute Gasteiger partial charge is 0.0951 e. The van der Waals surface area contributed by atoms with Crippen LogP contribution in [0.5, 0.6) is 0 Å². The molecule has 0 amide bonds. The maximum absolute atomic E-state index is 5.82. The zero-order chi connectivity index (χ0) is 9.97. The van der Waals surface area contributed by atoms with Gasteiger partial charge in [-0.25, -0.2) is 4.98 Å². The van der Waals surface area contributed by atoms with E-state index in [-0.39, 0.29) is 0 Å². The Kier molecular flexibility index (Phi) is 3.08. The minimum Gasteiger partial charge on any atom is -0.376 e. The highest BCUT2D eigenvalue weighted by Crippen LogP contribution is 2.25. The molecule has 2 rings (SSSR count). The van der Waals surface area contributed by atoms with Gasteiger partial charge in [-0.3, -0.25) is 0 Å². The monoisotopic (exact) mass is 214 g/mol. The molecular weight excluding hydrogens is 200 g/mol. The molecule has 4 heteroatoms. The number of rotatable bonds is 3. The van der Waals surface area contributed by atoms with Crippen LogP contribution < -0.4 is 0 Å². The molecule has 1 saturated heterocycles. The van der Waals surface area contributed by atoms with Crippen LogP contribution in [0, 0.1) is 0 Å².